The van der Waals surface area contributed by atoms with E-state index in [0.717, 1.165) is 12.1 Å². The average Bonchev–Trinajstić information content (AvgIpc) is 2.41. The average molecular weight is 337 g/mol. The summed E-state index contributed by atoms with van der Waals surface area (Å²) in [6.07, 6.45) is -0.798. The molecule has 1 atom stereocenters. The summed E-state index contributed by atoms with van der Waals surface area (Å²) in [5.41, 5.74) is 5.44. The van der Waals surface area contributed by atoms with Crippen LogP contribution in [0.1, 0.15) is 20.8 Å². The van der Waals surface area contributed by atoms with Gasteiger partial charge in [-0.15, -0.1) is 12.4 Å². The van der Waals surface area contributed by atoms with E-state index >= 15 is 0 Å². The molecule has 0 fully saturated rings. The maximum atomic E-state index is 13.1. The van der Waals surface area contributed by atoms with E-state index in [2.05, 4.69) is 0 Å². The third kappa shape index (κ3) is 5.77. The Hall–Kier alpha value is -1.40. The molecule has 1 amide bonds. The van der Waals surface area contributed by atoms with Crippen LogP contribution in [-0.4, -0.2) is 37.0 Å². The quantitative estimate of drug-likeness (QED) is 0.868. The van der Waals surface area contributed by atoms with Crippen LogP contribution in [0.15, 0.2) is 18.2 Å². The van der Waals surface area contributed by atoms with E-state index in [4.69, 9.17) is 10.5 Å². The molecule has 0 radical (unpaired) electrons. The van der Waals surface area contributed by atoms with Gasteiger partial charge in [-0.1, -0.05) is 13.8 Å². The van der Waals surface area contributed by atoms with E-state index in [9.17, 15) is 13.6 Å². The van der Waals surface area contributed by atoms with Crippen molar-refractivity contribution in [1.29, 1.82) is 0 Å². The molecule has 1 unspecified atom stereocenters. The topological polar surface area (TPSA) is 55.6 Å². The molecule has 0 saturated carbocycles. The summed E-state index contributed by atoms with van der Waals surface area (Å²) in [7, 11) is 1.66. The second kappa shape index (κ2) is 8.29. The minimum atomic E-state index is -1.01. The van der Waals surface area contributed by atoms with Gasteiger partial charge >= 0.3 is 0 Å². The fourth-order valence-electron chi connectivity index (χ4n) is 1.90. The lowest BCUT2D eigenvalue weighted by atomic mass is 9.93. The molecule has 0 bridgehead atoms. The second-order valence-corrected chi connectivity index (χ2v) is 5.90. The van der Waals surface area contributed by atoms with Gasteiger partial charge < -0.3 is 15.4 Å². The van der Waals surface area contributed by atoms with Crippen LogP contribution in [0, 0.1) is 17.0 Å². The number of hydrogen-bond acceptors (Lipinski definition) is 3. The van der Waals surface area contributed by atoms with E-state index in [1.54, 1.807) is 14.0 Å². The van der Waals surface area contributed by atoms with Crippen molar-refractivity contribution in [1.82, 2.24) is 4.90 Å². The minimum Gasteiger partial charge on any atom is -0.481 e. The number of halogens is 3. The molecule has 0 aliphatic carbocycles. The van der Waals surface area contributed by atoms with E-state index in [1.807, 2.05) is 13.8 Å². The fraction of sp³-hybridized carbons (Fsp3) is 0.533. The van der Waals surface area contributed by atoms with Crippen LogP contribution in [0.25, 0.3) is 0 Å². The Labute approximate surface area is 136 Å². The molecular formula is C15H23ClF2N2O2. The SMILES string of the molecule is CC(Oc1ccc(F)c(F)c1)C(=O)N(C)CC(C)(C)CN.Cl. The molecule has 0 aliphatic heterocycles. The Morgan fingerprint density at radius 1 is 1.36 bits per heavy atom. The number of carbonyl (C=O) groups excluding carboxylic acids is 1. The van der Waals surface area contributed by atoms with Gasteiger partial charge in [-0.25, -0.2) is 8.78 Å². The molecule has 126 valence electrons. The molecule has 22 heavy (non-hydrogen) atoms. The Bertz CT molecular complexity index is 512. The second-order valence-electron chi connectivity index (χ2n) is 5.90. The van der Waals surface area contributed by atoms with Crippen molar-refractivity contribution >= 4 is 18.3 Å². The summed E-state index contributed by atoms with van der Waals surface area (Å²) in [6.45, 7) is 6.40. The van der Waals surface area contributed by atoms with Crippen LogP contribution in [0.3, 0.4) is 0 Å². The molecule has 1 aromatic rings. The molecule has 0 spiro atoms. The standard InChI is InChI=1S/C15H22F2N2O2.ClH/c1-10(14(20)19(4)9-15(2,3)8-18)21-11-5-6-12(16)13(17)7-11;/h5-7,10H,8-9,18H2,1-4H3;1H. The van der Waals surface area contributed by atoms with E-state index in [0.29, 0.717) is 13.1 Å². The molecule has 1 aromatic carbocycles. The molecule has 7 heteroatoms. The van der Waals surface area contributed by atoms with Gasteiger partial charge in [0.1, 0.15) is 5.75 Å². The molecule has 2 N–H and O–H groups in total. The van der Waals surface area contributed by atoms with Gasteiger partial charge in [-0.2, -0.15) is 0 Å². The number of nitrogens with two attached hydrogens (primary N) is 1. The van der Waals surface area contributed by atoms with Gasteiger partial charge in [0.15, 0.2) is 17.7 Å². The van der Waals surface area contributed by atoms with Crippen LogP contribution in [0.2, 0.25) is 0 Å². The van der Waals surface area contributed by atoms with Crippen LogP contribution < -0.4 is 10.5 Å². The van der Waals surface area contributed by atoms with Crippen molar-refractivity contribution in [3.05, 3.63) is 29.8 Å². The lowest BCUT2D eigenvalue weighted by Crippen LogP contribution is -2.44. The Morgan fingerprint density at radius 3 is 2.45 bits per heavy atom. The predicted molar refractivity (Wildman–Crippen MR) is 84.2 cm³/mol. The van der Waals surface area contributed by atoms with Crippen LogP contribution in [0.4, 0.5) is 8.78 Å². The highest BCUT2D eigenvalue weighted by Crippen LogP contribution is 2.18. The molecule has 0 aromatic heterocycles. The van der Waals surface area contributed by atoms with Gasteiger partial charge in [0.05, 0.1) is 0 Å². The van der Waals surface area contributed by atoms with Gasteiger partial charge in [-0.3, -0.25) is 4.79 Å². The number of amides is 1. The number of benzene rings is 1. The first-order valence-corrected chi connectivity index (χ1v) is 6.73. The van der Waals surface area contributed by atoms with Crippen LogP contribution in [0.5, 0.6) is 5.75 Å². The van der Waals surface area contributed by atoms with E-state index in [1.165, 1.54) is 11.0 Å². The smallest absolute Gasteiger partial charge is 0.263 e. The molecule has 1 rings (SSSR count). The van der Waals surface area contributed by atoms with E-state index < -0.39 is 17.7 Å². The molecule has 0 heterocycles. The highest BCUT2D eigenvalue weighted by Gasteiger charge is 2.25. The number of likely N-dealkylation sites (N-methyl/N-ethyl adjacent to an activating group) is 1. The van der Waals surface area contributed by atoms with Crippen molar-refractivity contribution in [3.8, 4) is 5.75 Å². The summed E-state index contributed by atoms with van der Waals surface area (Å²) in [4.78, 5) is 13.7. The zero-order chi connectivity index (χ0) is 16.2. The van der Waals surface area contributed by atoms with Gasteiger partial charge in [0, 0.05) is 19.7 Å². The summed E-state index contributed by atoms with van der Waals surface area (Å²) >= 11 is 0. The lowest BCUT2D eigenvalue weighted by Gasteiger charge is -2.30. The highest BCUT2D eigenvalue weighted by molar-refractivity contribution is 5.85. The number of rotatable bonds is 6. The molecule has 4 nitrogen and oxygen atoms in total. The zero-order valence-electron chi connectivity index (χ0n) is 13.2. The number of carbonyl (C=O) groups is 1. The number of nitrogens with zero attached hydrogens (tertiary/aromatic N) is 1. The number of hydrogen-bond donors (Lipinski definition) is 1. The number of ether oxygens (including phenoxy) is 1. The molecular weight excluding hydrogens is 314 g/mol. The summed E-state index contributed by atoms with van der Waals surface area (Å²) in [6, 6.07) is 3.16. The van der Waals surface area contributed by atoms with Crippen molar-refractivity contribution in [3.63, 3.8) is 0 Å². The lowest BCUT2D eigenvalue weighted by molar-refractivity contribution is -0.137. The van der Waals surface area contributed by atoms with Crippen molar-refractivity contribution in [2.45, 2.75) is 26.9 Å². The van der Waals surface area contributed by atoms with Crippen LogP contribution in [-0.2, 0) is 4.79 Å². The largest absolute Gasteiger partial charge is 0.481 e. The van der Waals surface area contributed by atoms with Crippen LogP contribution >= 0.6 is 12.4 Å². The normalized spacial score (nSPS) is 12.3. The third-order valence-corrected chi connectivity index (χ3v) is 3.15. The van der Waals surface area contributed by atoms with Crippen molar-refractivity contribution < 1.29 is 18.3 Å². The Morgan fingerprint density at radius 2 is 1.95 bits per heavy atom. The Kier molecular flexibility index (Phi) is 7.76. The first kappa shape index (κ1) is 20.6. The maximum absolute atomic E-state index is 13.1. The first-order chi connectivity index (χ1) is 9.66. The Balaban J connectivity index is 0.00000441. The predicted octanol–water partition coefficient (Wildman–Crippen LogP) is 2.60. The molecule has 0 saturated heterocycles. The zero-order valence-corrected chi connectivity index (χ0v) is 14.0. The summed E-state index contributed by atoms with van der Waals surface area (Å²) in [5.74, 6) is -2.10. The minimum absolute atomic E-state index is 0. The summed E-state index contributed by atoms with van der Waals surface area (Å²) < 4.78 is 31.3. The van der Waals surface area contributed by atoms with Crippen molar-refractivity contribution in [2.75, 3.05) is 20.1 Å². The third-order valence-electron chi connectivity index (χ3n) is 3.15. The van der Waals surface area contributed by atoms with Gasteiger partial charge in [0.2, 0.25) is 0 Å². The first-order valence-electron chi connectivity index (χ1n) is 6.73. The fourth-order valence-corrected chi connectivity index (χ4v) is 1.90. The maximum Gasteiger partial charge on any atom is 0.263 e. The van der Waals surface area contributed by atoms with Gasteiger partial charge in [0.25, 0.3) is 5.91 Å². The van der Waals surface area contributed by atoms with E-state index in [-0.39, 0.29) is 29.5 Å². The summed E-state index contributed by atoms with van der Waals surface area (Å²) in [5, 5.41) is 0. The molecule has 0 aliphatic rings. The van der Waals surface area contributed by atoms with Crippen molar-refractivity contribution in [2.24, 2.45) is 11.1 Å². The van der Waals surface area contributed by atoms with Gasteiger partial charge in [-0.05, 0) is 31.0 Å². The monoisotopic (exact) mass is 336 g/mol. The highest BCUT2D eigenvalue weighted by atomic mass is 35.5.